The number of hydrogen-bond acceptors (Lipinski definition) is 3. The van der Waals surface area contributed by atoms with Gasteiger partial charge < -0.3 is 14.0 Å². The van der Waals surface area contributed by atoms with Crippen LogP contribution in [0.15, 0.2) is 36.4 Å². The van der Waals surface area contributed by atoms with Gasteiger partial charge in [-0.1, -0.05) is 110 Å². The number of aryl methyl sites for hydroxylation is 2. The average molecular weight is 507 g/mol. The van der Waals surface area contributed by atoms with E-state index in [1.54, 1.807) is 0 Å². The molecule has 204 valence electrons. The molecule has 0 atom stereocenters. The van der Waals surface area contributed by atoms with Crippen molar-refractivity contribution in [1.29, 1.82) is 0 Å². The number of hydrogen-bond donors (Lipinski definition) is 0. The summed E-state index contributed by atoms with van der Waals surface area (Å²) in [6.07, 6.45) is 21.8. The van der Waals surface area contributed by atoms with Crippen LogP contribution in [0.2, 0.25) is 0 Å². The van der Waals surface area contributed by atoms with Crippen LogP contribution < -0.4 is 19.5 Å². The van der Waals surface area contributed by atoms with Crippen LogP contribution in [-0.4, -0.2) is 13.7 Å². The highest BCUT2D eigenvalue weighted by Crippen LogP contribution is 2.37. The van der Waals surface area contributed by atoms with Gasteiger partial charge in [0, 0.05) is 5.46 Å². The molecule has 2 aromatic rings. The summed E-state index contributed by atoms with van der Waals surface area (Å²) in [4.78, 5) is 0. The van der Waals surface area contributed by atoms with E-state index in [0.717, 1.165) is 48.6 Å². The normalized spacial score (nSPS) is 12.4. The maximum atomic E-state index is 6.26. The molecule has 0 saturated heterocycles. The summed E-state index contributed by atoms with van der Waals surface area (Å²) < 4.78 is 18.5. The smallest absolute Gasteiger partial charge is 0.519 e. The molecule has 0 spiro atoms. The molecule has 37 heavy (non-hydrogen) atoms. The van der Waals surface area contributed by atoms with Gasteiger partial charge in [-0.2, -0.15) is 0 Å². The molecule has 0 aromatic heterocycles. The second kappa shape index (κ2) is 17.4. The number of rotatable bonds is 20. The molecule has 0 bridgehead atoms. The van der Waals surface area contributed by atoms with Gasteiger partial charge in [0.2, 0.25) is 0 Å². The van der Waals surface area contributed by atoms with Crippen molar-refractivity contribution in [3.63, 3.8) is 0 Å². The van der Waals surface area contributed by atoms with E-state index in [0.29, 0.717) is 0 Å². The third kappa shape index (κ3) is 10.3. The van der Waals surface area contributed by atoms with Crippen LogP contribution in [0.4, 0.5) is 0 Å². The van der Waals surface area contributed by atoms with Crippen molar-refractivity contribution in [2.24, 2.45) is 0 Å². The standard InChI is InChI=1S/C33H51BO3/c1-4-7-10-11-12-13-14-15-18-25-35-31-23-21-30(22-24-31)34-36-32-26-28(19-16-8-5-2)29(20-17-9-6-3)27-33(32)37-34/h21-24,26-27H,4-20,25H2,1-3H3. The predicted molar refractivity (Wildman–Crippen MR) is 159 cm³/mol. The van der Waals surface area contributed by atoms with Gasteiger partial charge >= 0.3 is 7.12 Å². The van der Waals surface area contributed by atoms with Gasteiger partial charge in [-0.15, -0.1) is 0 Å². The van der Waals surface area contributed by atoms with E-state index in [9.17, 15) is 0 Å². The van der Waals surface area contributed by atoms with Crippen LogP contribution >= 0.6 is 0 Å². The first-order valence-corrected chi connectivity index (χ1v) is 15.5. The first-order valence-electron chi connectivity index (χ1n) is 15.5. The molecule has 0 fully saturated rings. The molecule has 0 radical (unpaired) electrons. The Bertz CT molecular complexity index is 841. The van der Waals surface area contributed by atoms with Gasteiger partial charge in [-0.25, -0.2) is 0 Å². The maximum absolute atomic E-state index is 6.26. The lowest BCUT2D eigenvalue weighted by atomic mass is 9.79. The minimum Gasteiger partial charge on any atom is -0.519 e. The SMILES string of the molecule is CCCCCCCCCCCOc1ccc(B2Oc3cc(CCCCC)c(CCCCC)cc3O2)cc1. The first-order chi connectivity index (χ1) is 18.2. The van der Waals surface area contributed by atoms with E-state index < -0.39 is 0 Å². The van der Waals surface area contributed by atoms with Crippen molar-refractivity contribution in [2.45, 2.75) is 130 Å². The highest BCUT2D eigenvalue weighted by Gasteiger charge is 2.34. The molecule has 0 N–H and O–H groups in total. The van der Waals surface area contributed by atoms with E-state index in [1.165, 1.54) is 101 Å². The summed E-state index contributed by atoms with van der Waals surface area (Å²) in [5.74, 6) is 2.71. The Balaban J connectivity index is 1.45. The van der Waals surface area contributed by atoms with Crippen molar-refractivity contribution in [3.05, 3.63) is 47.5 Å². The number of ether oxygens (including phenoxy) is 1. The predicted octanol–water partition coefficient (Wildman–Crippen LogP) is 9.23. The molecule has 0 aliphatic carbocycles. The lowest BCUT2D eigenvalue weighted by Gasteiger charge is -2.11. The second-order valence-electron chi connectivity index (χ2n) is 10.8. The highest BCUT2D eigenvalue weighted by atomic mass is 16.6. The zero-order valence-electron chi connectivity index (χ0n) is 24.0. The zero-order chi connectivity index (χ0) is 26.1. The van der Waals surface area contributed by atoms with Gasteiger partial charge in [0.1, 0.15) is 17.2 Å². The third-order valence-electron chi connectivity index (χ3n) is 7.50. The average Bonchev–Trinajstić information content (AvgIpc) is 3.33. The quantitative estimate of drug-likeness (QED) is 0.132. The Hall–Kier alpha value is -2.10. The largest absolute Gasteiger partial charge is 0.632 e. The van der Waals surface area contributed by atoms with Crippen LogP contribution in [-0.2, 0) is 12.8 Å². The van der Waals surface area contributed by atoms with E-state index in [4.69, 9.17) is 14.0 Å². The monoisotopic (exact) mass is 506 g/mol. The lowest BCUT2D eigenvalue weighted by Crippen LogP contribution is -2.38. The summed E-state index contributed by atoms with van der Waals surface area (Å²) in [5, 5.41) is 0. The molecular formula is C33H51BO3. The van der Waals surface area contributed by atoms with E-state index >= 15 is 0 Å². The lowest BCUT2D eigenvalue weighted by molar-refractivity contribution is 0.304. The highest BCUT2D eigenvalue weighted by molar-refractivity contribution is 6.63. The Morgan fingerprint density at radius 2 is 1.03 bits per heavy atom. The Morgan fingerprint density at radius 3 is 1.54 bits per heavy atom. The Kier molecular flexibility index (Phi) is 13.9. The Labute approximate surface area is 227 Å². The van der Waals surface area contributed by atoms with Crippen LogP contribution in [0.1, 0.15) is 128 Å². The van der Waals surface area contributed by atoms with Crippen molar-refractivity contribution >= 4 is 12.6 Å². The van der Waals surface area contributed by atoms with Crippen molar-refractivity contribution in [2.75, 3.05) is 6.61 Å². The fraction of sp³-hybridized carbons (Fsp3) is 0.636. The molecule has 1 heterocycles. The maximum Gasteiger partial charge on any atom is 0.632 e. The van der Waals surface area contributed by atoms with Gasteiger partial charge in [-0.3, -0.25) is 0 Å². The molecule has 0 amide bonds. The van der Waals surface area contributed by atoms with E-state index in [2.05, 4.69) is 45.0 Å². The molecule has 0 unspecified atom stereocenters. The zero-order valence-corrected chi connectivity index (χ0v) is 24.0. The summed E-state index contributed by atoms with van der Waals surface area (Å²) in [6.45, 7) is 7.59. The minimum absolute atomic E-state index is 0.379. The summed E-state index contributed by atoms with van der Waals surface area (Å²) in [7, 11) is -0.379. The van der Waals surface area contributed by atoms with Gasteiger partial charge in [0.25, 0.3) is 0 Å². The van der Waals surface area contributed by atoms with Crippen molar-refractivity contribution in [1.82, 2.24) is 0 Å². The van der Waals surface area contributed by atoms with Gasteiger partial charge in [0.05, 0.1) is 6.61 Å². The molecule has 4 heteroatoms. The fourth-order valence-corrected chi connectivity index (χ4v) is 5.14. The van der Waals surface area contributed by atoms with Crippen LogP contribution in [0.25, 0.3) is 0 Å². The van der Waals surface area contributed by atoms with E-state index in [-0.39, 0.29) is 7.12 Å². The van der Waals surface area contributed by atoms with Crippen LogP contribution in [0, 0.1) is 0 Å². The first kappa shape index (κ1) is 29.5. The van der Waals surface area contributed by atoms with Crippen LogP contribution in [0.5, 0.6) is 17.2 Å². The van der Waals surface area contributed by atoms with Crippen molar-refractivity contribution in [3.8, 4) is 17.2 Å². The molecular weight excluding hydrogens is 455 g/mol. The molecule has 1 aliphatic rings. The van der Waals surface area contributed by atoms with Gasteiger partial charge in [-0.05, 0) is 67.5 Å². The number of benzene rings is 2. The number of unbranched alkanes of at least 4 members (excludes halogenated alkanes) is 12. The molecule has 0 saturated carbocycles. The Morgan fingerprint density at radius 1 is 0.568 bits per heavy atom. The van der Waals surface area contributed by atoms with Crippen molar-refractivity contribution < 1.29 is 14.0 Å². The summed E-state index contributed by atoms with van der Waals surface area (Å²) >= 11 is 0. The fourth-order valence-electron chi connectivity index (χ4n) is 5.14. The molecule has 1 aliphatic heterocycles. The topological polar surface area (TPSA) is 27.7 Å². The molecule has 3 rings (SSSR count). The third-order valence-corrected chi connectivity index (χ3v) is 7.50. The second-order valence-corrected chi connectivity index (χ2v) is 10.8. The van der Waals surface area contributed by atoms with E-state index in [1.807, 2.05) is 12.1 Å². The number of fused-ring (bicyclic) bond motifs is 1. The molecule has 3 nitrogen and oxygen atoms in total. The molecule has 2 aromatic carbocycles. The summed E-state index contributed by atoms with van der Waals surface area (Å²) in [5.41, 5.74) is 3.91. The summed E-state index contributed by atoms with van der Waals surface area (Å²) in [6, 6.07) is 12.7. The van der Waals surface area contributed by atoms with Crippen LogP contribution in [0.3, 0.4) is 0 Å². The van der Waals surface area contributed by atoms with Gasteiger partial charge in [0.15, 0.2) is 0 Å². The minimum atomic E-state index is -0.379.